The van der Waals surface area contributed by atoms with Crippen LogP contribution >= 0.6 is 0 Å². The molecule has 1 aliphatic rings. The van der Waals surface area contributed by atoms with Gasteiger partial charge in [0.25, 0.3) is 0 Å². The molecule has 0 aromatic rings. The maximum absolute atomic E-state index is 3.41. The molecule has 1 rings (SSSR count). The summed E-state index contributed by atoms with van der Waals surface area (Å²) in [7, 11) is 0. The maximum atomic E-state index is 3.41. The Morgan fingerprint density at radius 3 is 2.82 bits per heavy atom. The summed E-state index contributed by atoms with van der Waals surface area (Å²) in [6, 6.07) is 1.18. The largest absolute Gasteiger partial charge is 0.385 e. The predicted octanol–water partition coefficient (Wildman–Crippen LogP) is 1.60. The van der Waals surface area contributed by atoms with Crippen LogP contribution in [0.4, 0.5) is 0 Å². The van der Waals surface area contributed by atoms with Crippen molar-refractivity contribution in [3.8, 4) is 0 Å². The van der Waals surface area contributed by atoms with E-state index in [1.807, 2.05) is 0 Å². The van der Waals surface area contributed by atoms with Gasteiger partial charge in [-0.2, -0.15) is 0 Å². The Morgan fingerprint density at radius 2 is 2.27 bits per heavy atom. The van der Waals surface area contributed by atoms with E-state index in [1.165, 1.54) is 18.5 Å². The SMILES string of the molecule is CCCC1NC=C(C)NC1C. The van der Waals surface area contributed by atoms with Crippen LogP contribution in [0.2, 0.25) is 0 Å². The molecule has 1 aliphatic heterocycles. The molecule has 2 heteroatoms. The highest BCUT2D eigenvalue weighted by atomic mass is 15.1. The zero-order chi connectivity index (χ0) is 8.27. The highest BCUT2D eigenvalue weighted by Gasteiger charge is 2.17. The first-order chi connectivity index (χ1) is 5.24. The second-order valence-electron chi connectivity index (χ2n) is 3.32. The number of hydrogen-bond acceptors (Lipinski definition) is 2. The van der Waals surface area contributed by atoms with Crippen LogP contribution in [-0.4, -0.2) is 12.1 Å². The molecule has 0 aromatic heterocycles. The van der Waals surface area contributed by atoms with E-state index in [9.17, 15) is 0 Å². The lowest BCUT2D eigenvalue weighted by Gasteiger charge is -2.30. The molecule has 2 atom stereocenters. The van der Waals surface area contributed by atoms with E-state index in [0.29, 0.717) is 12.1 Å². The summed E-state index contributed by atoms with van der Waals surface area (Å²) in [5.74, 6) is 0. The molecule has 0 amide bonds. The summed E-state index contributed by atoms with van der Waals surface area (Å²) < 4.78 is 0. The third kappa shape index (κ3) is 2.14. The number of hydrogen-bond donors (Lipinski definition) is 2. The molecule has 2 unspecified atom stereocenters. The van der Waals surface area contributed by atoms with Crippen LogP contribution in [0.3, 0.4) is 0 Å². The van der Waals surface area contributed by atoms with Crippen molar-refractivity contribution in [2.24, 2.45) is 0 Å². The first-order valence-electron chi connectivity index (χ1n) is 4.43. The summed E-state index contributed by atoms with van der Waals surface area (Å²) in [4.78, 5) is 0. The van der Waals surface area contributed by atoms with Crippen LogP contribution in [-0.2, 0) is 0 Å². The zero-order valence-electron chi connectivity index (χ0n) is 7.65. The molecule has 0 saturated heterocycles. The highest BCUT2D eigenvalue weighted by Crippen LogP contribution is 2.08. The average Bonchev–Trinajstić information content (AvgIpc) is 1.95. The summed E-state index contributed by atoms with van der Waals surface area (Å²) >= 11 is 0. The molecule has 0 aliphatic carbocycles. The van der Waals surface area contributed by atoms with Gasteiger partial charge >= 0.3 is 0 Å². The van der Waals surface area contributed by atoms with Gasteiger partial charge in [0.05, 0.1) is 0 Å². The van der Waals surface area contributed by atoms with Crippen molar-refractivity contribution in [3.05, 3.63) is 11.9 Å². The Balaban J connectivity index is 2.44. The predicted molar refractivity (Wildman–Crippen MR) is 48.2 cm³/mol. The minimum Gasteiger partial charge on any atom is -0.385 e. The van der Waals surface area contributed by atoms with Gasteiger partial charge in [-0.3, -0.25) is 0 Å². The summed E-state index contributed by atoms with van der Waals surface area (Å²) in [6.45, 7) is 6.54. The van der Waals surface area contributed by atoms with E-state index in [-0.39, 0.29) is 0 Å². The lowest BCUT2D eigenvalue weighted by Crippen LogP contribution is -2.47. The Labute approximate surface area is 69.1 Å². The molecule has 0 aromatic carbocycles. The van der Waals surface area contributed by atoms with Crippen LogP contribution in [0, 0.1) is 0 Å². The van der Waals surface area contributed by atoms with Crippen LogP contribution in [0.25, 0.3) is 0 Å². The molecule has 0 radical (unpaired) electrons. The molecular formula is C9H18N2. The lowest BCUT2D eigenvalue weighted by molar-refractivity contribution is 0.396. The molecule has 0 saturated carbocycles. The topological polar surface area (TPSA) is 24.1 Å². The van der Waals surface area contributed by atoms with Gasteiger partial charge in [0.1, 0.15) is 0 Å². The van der Waals surface area contributed by atoms with Gasteiger partial charge < -0.3 is 10.6 Å². The van der Waals surface area contributed by atoms with Gasteiger partial charge in [-0.1, -0.05) is 13.3 Å². The quantitative estimate of drug-likeness (QED) is 0.631. The van der Waals surface area contributed by atoms with E-state index in [4.69, 9.17) is 0 Å². The summed E-state index contributed by atoms with van der Waals surface area (Å²) in [6.07, 6.45) is 4.56. The number of nitrogens with one attached hydrogen (secondary N) is 2. The van der Waals surface area contributed by atoms with E-state index in [0.717, 1.165) is 0 Å². The van der Waals surface area contributed by atoms with Crippen molar-refractivity contribution in [1.82, 2.24) is 10.6 Å². The van der Waals surface area contributed by atoms with Crippen LogP contribution in [0.5, 0.6) is 0 Å². The van der Waals surface area contributed by atoms with E-state index in [2.05, 4.69) is 37.6 Å². The van der Waals surface area contributed by atoms with Crippen LogP contribution in [0.15, 0.2) is 11.9 Å². The van der Waals surface area contributed by atoms with Gasteiger partial charge in [-0.05, 0) is 20.3 Å². The first kappa shape index (κ1) is 8.44. The lowest BCUT2D eigenvalue weighted by atomic mass is 10.0. The minimum absolute atomic E-state index is 0.569. The average molecular weight is 154 g/mol. The molecule has 2 N–H and O–H groups in total. The third-order valence-corrected chi connectivity index (χ3v) is 2.17. The molecule has 1 heterocycles. The molecule has 2 nitrogen and oxygen atoms in total. The van der Waals surface area contributed by atoms with Gasteiger partial charge in [0.15, 0.2) is 0 Å². The van der Waals surface area contributed by atoms with Gasteiger partial charge in [0.2, 0.25) is 0 Å². The monoisotopic (exact) mass is 154 g/mol. The van der Waals surface area contributed by atoms with Crippen molar-refractivity contribution in [3.63, 3.8) is 0 Å². The Hall–Kier alpha value is -0.660. The normalized spacial score (nSPS) is 30.3. The molecule has 0 fully saturated rings. The fraction of sp³-hybridized carbons (Fsp3) is 0.778. The molecular weight excluding hydrogens is 136 g/mol. The number of rotatable bonds is 2. The smallest absolute Gasteiger partial charge is 0.0454 e. The van der Waals surface area contributed by atoms with Gasteiger partial charge in [-0.25, -0.2) is 0 Å². The Bertz CT molecular complexity index is 152. The molecule has 0 bridgehead atoms. The fourth-order valence-electron chi connectivity index (χ4n) is 1.52. The van der Waals surface area contributed by atoms with Crippen molar-refractivity contribution in [2.75, 3.05) is 0 Å². The van der Waals surface area contributed by atoms with Gasteiger partial charge in [-0.15, -0.1) is 0 Å². The number of allylic oxidation sites excluding steroid dienone is 1. The van der Waals surface area contributed by atoms with Crippen molar-refractivity contribution in [2.45, 2.75) is 45.7 Å². The maximum Gasteiger partial charge on any atom is 0.0454 e. The van der Waals surface area contributed by atoms with Crippen molar-refractivity contribution >= 4 is 0 Å². The second-order valence-corrected chi connectivity index (χ2v) is 3.32. The van der Waals surface area contributed by atoms with Gasteiger partial charge in [0, 0.05) is 24.0 Å². The Kier molecular flexibility index (Phi) is 2.80. The first-order valence-corrected chi connectivity index (χ1v) is 4.43. The Morgan fingerprint density at radius 1 is 1.55 bits per heavy atom. The minimum atomic E-state index is 0.569. The standard InChI is InChI=1S/C9H18N2/c1-4-5-9-8(3)11-7(2)6-10-9/h6,8-11H,4-5H2,1-3H3. The van der Waals surface area contributed by atoms with E-state index < -0.39 is 0 Å². The van der Waals surface area contributed by atoms with Crippen molar-refractivity contribution < 1.29 is 0 Å². The summed E-state index contributed by atoms with van der Waals surface area (Å²) in [5, 5.41) is 6.81. The van der Waals surface area contributed by atoms with Crippen LogP contribution in [0.1, 0.15) is 33.6 Å². The zero-order valence-corrected chi connectivity index (χ0v) is 7.65. The van der Waals surface area contributed by atoms with Crippen LogP contribution < -0.4 is 10.6 Å². The van der Waals surface area contributed by atoms with E-state index >= 15 is 0 Å². The third-order valence-electron chi connectivity index (χ3n) is 2.17. The second kappa shape index (κ2) is 3.65. The van der Waals surface area contributed by atoms with Crippen molar-refractivity contribution in [1.29, 1.82) is 0 Å². The highest BCUT2D eigenvalue weighted by molar-refractivity contribution is 5.04. The molecule has 0 spiro atoms. The molecule has 11 heavy (non-hydrogen) atoms. The molecule has 64 valence electrons. The van der Waals surface area contributed by atoms with E-state index in [1.54, 1.807) is 0 Å². The summed E-state index contributed by atoms with van der Waals surface area (Å²) in [5.41, 5.74) is 1.24. The fourth-order valence-corrected chi connectivity index (χ4v) is 1.52.